The van der Waals surface area contributed by atoms with Crippen LogP contribution in [0.4, 0.5) is 0 Å². The van der Waals surface area contributed by atoms with E-state index in [0.717, 1.165) is 0 Å². The topological polar surface area (TPSA) is 0 Å². The molecule has 0 nitrogen and oxygen atoms in total. The van der Waals surface area contributed by atoms with Crippen molar-refractivity contribution in [1.82, 2.24) is 0 Å². The predicted octanol–water partition coefficient (Wildman–Crippen LogP) is 3.92. The molecule has 0 N–H and O–H groups in total. The number of thiophene rings is 1. The first-order valence-corrected chi connectivity index (χ1v) is 5.85. The summed E-state index contributed by atoms with van der Waals surface area (Å²) in [6.45, 7) is 0. The van der Waals surface area contributed by atoms with Gasteiger partial charge in [0.1, 0.15) is 0 Å². The van der Waals surface area contributed by atoms with E-state index >= 15 is 0 Å². The van der Waals surface area contributed by atoms with E-state index in [1.807, 2.05) is 0 Å². The van der Waals surface area contributed by atoms with Gasteiger partial charge in [0.25, 0.3) is 0 Å². The molecule has 0 amide bonds. The Labute approximate surface area is 121 Å². The zero-order chi connectivity index (χ0) is 10.1. The van der Waals surface area contributed by atoms with E-state index in [1.165, 1.54) is 21.2 Å². The van der Waals surface area contributed by atoms with Crippen LogP contribution in [-0.4, -0.2) is 29.6 Å². The van der Waals surface area contributed by atoms with Crippen LogP contribution >= 0.6 is 11.3 Å². The Morgan fingerprint density at radius 3 is 2.38 bits per heavy atom. The summed E-state index contributed by atoms with van der Waals surface area (Å²) in [6, 6.07) is 19.3. The van der Waals surface area contributed by atoms with Gasteiger partial charge in [-0.3, -0.25) is 0 Å². The first kappa shape index (κ1) is 11.9. The van der Waals surface area contributed by atoms with Crippen molar-refractivity contribution >= 4 is 51.7 Å². The number of hydrogen-bond acceptors (Lipinski definition) is 1. The van der Waals surface area contributed by atoms with Crippen molar-refractivity contribution in [2.45, 2.75) is 0 Å². The second-order valence-corrected chi connectivity index (χ2v) is 4.45. The van der Waals surface area contributed by atoms with Crippen molar-refractivity contribution in [1.29, 1.82) is 0 Å². The van der Waals surface area contributed by atoms with Crippen LogP contribution in [0, 0.1) is 0 Å². The van der Waals surface area contributed by atoms with Crippen LogP contribution in [0.2, 0.25) is 0 Å². The standard InChI is InChI=1S/C14H10S.Na.H/c1-2-7-12-11(5-1)6-3-8-13(12)14-9-4-10-15-14;;/h1-10H;;. The molecule has 0 unspecified atom stereocenters. The molecule has 0 saturated carbocycles. The molecule has 0 atom stereocenters. The molecule has 0 bridgehead atoms. The summed E-state index contributed by atoms with van der Waals surface area (Å²) in [7, 11) is 0. The van der Waals surface area contributed by atoms with Gasteiger partial charge in [-0.1, -0.05) is 48.5 Å². The van der Waals surface area contributed by atoms with Gasteiger partial charge in [0, 0.05) is 4.88 Å². The first-order valence-electron chi connectivity index (χ1n) is 4.97. The second kappa shape index (κ2) is 5.15. The largest absolute Gasteiger partial charge is 0.144 e. The second-order valence-electron chi connectivity index (χ2n) is 3.50. The molecule has 2 heteroatoms. The number of rotatable bonds is 1. The summed E-state index contributed by atoms with van der Waals surface area (Å²) in [4.78, 5) is 1.34. The minimum absolute atomic E-state index is 0. The van der Waals surface area contributed by atoms with Gasteiger partial charge >= 0.3 is 29.6 Å². The molecule has 16 heavy (non-hydrogen) atoms. The summed E-state index contributed by atoms with van der Waals surface area (Å²) < 4.78 is 0. The Hall–Kier alpha value is -0.600. The Balaban J connectivity index is 0.000000963. The van der Waals surface area contributed by atoms with Crippen molar-refractivity contribution in [3.63, 3.8) is 0 Å². The van der Waals surface area contributed by atoms with Gasteiger partial charge in [-0.05, 0) is 27.8 Å². The fraction of sp³-hybridized carbons (Fsp3) is 0. The maximum atomic E-state index is 2.19. The molecule has 0 fully saturated rings. The smallest absolute Gasteiger partial charge is 0.0348 e. The van der Waals surface area contributed by atoms with Gasteiger partial charge in [0.05, 0.1) is 0 Å². The number of fused-ring (bicyclic) bond motifs is 1. The molecule has 1 aromatic heterocycles. The summed E-state index contributed by atoms with van der Waals surface area (Å²) in [6.07, 6.45) is 0. The summed E-state index contributed by atoms with van der Waals surface area (Å²) >= 11 is 1.79. The van der Waals surface area contributed by atoms with Crippen molar-refractivity contribution in [3.05, 3.63) is 60.0 Å². The SMILES string of the molecule is [NaH].c1csc(-c2cccc3ccccc23)c1. The van der Waals surface area contributed by atoms with Crippen LogP contribution in [-0.2, 0) is 0 Å². The minimum atomic E-state index is 0. The van der Waals surface area contributed by atoms with Gasteiger partial charge in [-0.2, -0.15) is 0 Å². The number of hydrogen-bond donors (Lipinski definition) is 0. The Morgan fingerprint density at radius 1 is 0.750 bits per heavy atom. The average molecular weight is 234 g/mol. The quantitative estimate of drug-likeness (QED) is 0.560. The molecule has 74 valence electrons. The molecule has 1 heterocycles. The van der Waals surface area contributed by atoms with Crippen molar-refractivity contribution < 1.29 is 0 Å². The molecule has 0 aliphatic carbocycles. The zero-order valence-electron chi connectivity index (χ0n) is 8.18. The minimum Gasteiger partial charge on any atom is -0.144 e. The molecule has 3 aromatic rings. The Morgan fingerprint density at radius 2 is 1.56 bits per heavy atom. The molecular weight excluding hydrogens is 223 g/mol. The predicted molar refractivity (Wildman–Crippen MR) is 74.4 cm³/mol. The van der Waals surface area contributed by atoms with Gasteiger partial charge in [0.15, 0.2) is 0 Å². The van der Waals surface area contributed by atoms with Crippen LogP contribution in [0.1, 0.15) is 0 Å². The van der Waals surface area contributed by atoms with E-state index in [1.54, 1.807) is 11.3 Å². The Kier molecular flexibility index (Phi) is 3.82. The van der Waals surface area contributed by atoms with E-state index in [0.29, 0.717) is 0 Å². The molecule has 3 rings (SSSR count). The Bertz CT molecular complexity index is 579. The monoisotopic (exact) mass is 234 g/mol. The third-order valence-corrected chi connectivity index (χ3v) is 3.48. The zero-order valence-corrected chi connectivity index (χ0v) is 9.00. The van der Waals surface area contributed by atoms with Gasteiger partial charge in [-0.15, -0.1) is 11.3 Å². The van der Waals surface area contributed by atoms with E-state index in [4.69, 9.17) is 0 Å². The van der Waals surface area contributed by atoms with E-state index in [9.17, 15) is 0 Å². The molecule has 2 aromatic carbocycles. The van der Waals surface area contributed by atoms with Crippen LogP contribution in [0.25, 0.3) is 21.2 Å². The molecule has 0 radical (unpaired) electrons. The third-order valence-electron chi connectivity index (χ3n) is 2.58. The van der Waals surface area contributed by atoms with Gasteiger partial charge < -0.3 is 0 Å². The molecule has 0 spiro atoms. The molecule has 0 saturated heterocycles. The summed E-state index contributed by atoms with van der Waals surface area (Å²) in [5, 5.41) is 4.77. The van der Waals surface area contributed by atoms with Gasteiger partial charge in [0.2, 0.25) is 0 Å². The number of benzene rings is 2. The van der Waals surface area contributed by atoms with Crippen LogP contribution in [0.3, 0.4) is 0 Å². The van der Waals surface area contributed by atoms with Gasteiger partial charge in [-0.25, -0.2) is 0 Å². The maximum absolute atomic E-state index is 2.19. The third kappa shape index (κ3) is 2.09. The maximum Gasteiger partial charge on any atom is 0.0348 e. The van der Waals surface area contributed by atoms with Crippen LogP contribution < -0.4 is 0 Å². The van der Waals surface area contributed by atoms with Crippen molar-refractivity contribution in [3.8, 4) is 10.4 Å². The van der Waals surface area contributed by atoms with Crippen molar-refractivity contribution in [2.75, 3.05) is 0 Å². The molecule has 0 aliphatic rings. The fourth-order valence-corrected chi connectivity index (χ4v) is 2.64. The normalized spacial score (nSPS) is 10.0. The molecule has 0 aliphatic heterocycles. The summed E-state index contributed by atoms with van der Waals surface area (Å²) in [5.74, 6) is 0. The average Bonchev–Trinajstić information content (AvgIpc) is 2.82. The first-order chi connectivity index (χ1) is 7.45. The fourth-order valence-electron chi connectivity index (χ4n) is 1.87. The van der Waals surface area contributed by atoms with E-state index < -0.39 is 0 Å². The van der Waals surface area contributed by atoms with Crippen LogP contribution in [0.15, 0.2) is 60.0 Å². The van der Waals surface area contributed by atoms with Crippen LogP contribution in [0.5, 0.6) is 0 Å². The van der Waals surface area contributed by atoms with E-state index in [-0.39, 0.29) is 29.6 Å². The van der Waals surface area contributed by atoms with E-state index in [2.05, 4.69) is 60.0 Å². The molecular formula is C14H11NaS. The summed E-state index contributed by atoms with van der Waals surface area (Å²) in [5.41, 5.74) is 1.34. The van der Waals surface area contributed by atoms with Crippen molar-refractivity contribution in [2.24, 2.45) is 0 Å².